The number of nitrogens with one attached hydrogen (secondary N) is 2. The van der Waals surface area contributed by atoms with E-state index < -0.39 is 5.41 Å². The number of hydrogen-bond acceptors (Lipinski definition) is 3. The van der Waals surface area contributed by atoms with Crippen LogP contribution in [0.3, 0.4) is 0 Å². The highest BCUT2D eigenvalue weighted by Crippen LogP contribution is 2.25. The van der Waals surface area contributed by atoms with Crippen LogP contribution in [-0.4, -0.2) is 18.4 Å². The predicted molar refractivity (Wildman–Crippen MR) is 105 cm³/mol. The fourth-order valence-corrected chi connectivity index (χ4v) is 2.36. The lowest BCUT2D eigenvalue weighted by molar-refractivity contribution is -0.123. The lowest BCUT2D eigenvalue weighted by atomic mass is 9.95. The number of amides is 2. The van der Waals surface area contributed by atoms with Crippen molar-refractivity contribution in [1.29, 1.82) is 0 Å². The third kappa shape index (κ3) is 5.93. The van der Waals surface area contributed by atoms with Crippen LogP contribution in [0.15, 0.2) is 42.5 Å². The molecule has 2 aromatic rings. The van der Waals surface area contributed by atoms with Crippen molar-refractivity contribution < 1.29 is 14.3 Å². The van der Waals surface area contributed by atoms with Gasteiger partial charge in [0.15, 0.2) is 6.61 Å². The Hall–Kier alpha value is -2.24. The van der Waals surface area contributed by atoms with Crippen LogP contribution >= 0.6 is 23.2 Å². The molecule has 0 aliphatic carbocycles. The molecule has 0 saturated heterocycles. The Morgan fingerprint density at radius 1 is 1.04 bits per heavy atom. The van der Waals surface area contributed by atoms with Gasteiger partial charge < -0.3 is 15.4 Å². The first-order chi connectivity index (χ1) is 12.1. The summed E-state index contributed by atoms with van der Waals surface area (Å²) in [5.41, 5.74) is 0.550. The van der Waals surface area contributed by atoms with Gasteiger partial charge in [-0.3, -0.25) is 9.59 Å². The third-order valence-corrected chi connectivity index (χ3v) is 3.90. The van der Waals surface area contributed by atoms with Gasteiger partial charge in [0, 0.05) is 22.2 Å². The maximum Gasteiger partial charge on any atom is 0.262 e. The molecule has 5 nitrogen and oxygen atoms in total. The minimum Gasteiger partial charge on any atom is -0.484 e. The van der Waals surface area contributed by atoms with Gasteiger partial charge in [-0.15, -0.1) is 0 Å². The van der Waals surface area contributed by atoms with E-state index in [1.807, 2.05) is 20.8 Å². The van der Waals surface area contributed by atoms with Crippen molar-refractivity contribution in [3.8, 4) is 5.75 Å². The van der Waals surface area contributed by atoms with Gasteiger partial charge in [0.2, 0.25) is 5.91 Å². The number of halogens is 2. The minimum absolute atomic E-state index is 0.107. The average Bonchev–Trinajstić information content (AvgIpc) is 2.55. The maximum atomic E-state index is 12.0. The Balaban J connectivity index is 1.93. The van der Waals surface area contributed by atoms with Gasteiger partial charge >= 0.3 is 0 Å². The van der Waals surface area contributed by atoms with E-state index >= 15 is 0 Å². The molecule has 2 rings (SSSR count). The molecule has 0 atom stereocenters. The van der Waals surface area contributed by atoms with Gasteiger partial charge in [0.25, 0.3) is 5.91 Å². The zero-order valence-electron chi connectivity index (χ0n) is 14.7. The minimum atomic E-state index is -0.505. The van der Waals surface area contributed by atoms with Crippen LogP contribution in [0.1, 0.15) is 20.8 Å². The fraction of sp³-hybridized carbons (Fsp3) is 0.263. The lowest BCUT2D eigenvalue weighted by Crippen LogP contribution is -2.27. The zero-order chi connectivity index (χ0) is 19.3. The first-order valence-corrected chi connectivity index (χ1v) is 8.70. The summed E-state index contributed by atoms with van der Waals surface area (Å²) in [5.74, 6) is -0.00260. The van der Waals surface area contributed by atoms with Crippen LogP contribution in [0, 0.1) is 5.41 Å². The third-order valence-electron chi connectivity index (χ3n) is 3.35. The molecule has 0 spiro atoms. The number of benzene rings is 2. The molecular formula is C19H20Cl2N2O3. The van der Waals surface area contributed by atoms with E-state index in [1.165, 1.54) is 0 Å². The number of ether oxygens (including phenoxy) is 1. The highest BCUT2D eigenvalue weighted by Gasteiger charge is 2.21. The quantitative estimate of drug-likeness (QED) is 0.749. The smallest absolute Gasteiger partial charge is 0.262 e. The van der Waals surface area contributed by atoms with Gasteiger partial charge in [0.05, 0.1) is 10.7 Å². The largest absolute Gasteiger partial charge is 0.484 e. The van der Waals surface area contributed by atoms with Crippen LogP contribution < -0.4 is 15.4 Å². The number of anilines is 2. The van der Waals surface area contributed by atoms with Crippen molar-refractivity contribution >= 4 is 46.4 Å². The summed E-state index contributed by atoms with van der Waals surface area (Å²) in [4.78, 5) is 24.1. The first kappa shape index (κ1) is 20.1. The number of hydrogen-bond donors (Lipinski definition) is 2. The molecule has 0 aromatic heterocycles. The summed E-state index contributed by atoms with van der Waals surface area (Å²) in [5, 5.41) is 6.29. The van der Waals surface area contributed by atoms with Crippen molar-refractivity contribution in [2.45, 2.75) is 20.8 Å². The second-order valence-electron chi connectivity index (χ2n) is 6.69. The normalized spacial score (nSPS) is 11.0. The highest BCUT2D eigenvalue weighted by atomic mass is 35.5. The van der Waals surface area contributed by atoms with Gasteiger partial charge in [-0.25, -0.2) is 0 Å². The predicted octanol–water partition coefficient (Wildman–Crippen LogP) is 5.00. The van der Waals surface area contributed by atoms with Crippen LogP contribution in [0.5, 0.6) is 5.75 Å². The molecule has 2 aromatic carbocycles. The molecule has 2 N–H and O–H groups in total. The van der Waals surface area contributed by atoms with E-state index in [4.69, 9.17) is 27.9 Å². The monoisotopic (exact) mass is 394 g/mol. The second-order valence-corrected chi connectivity index (χ2v) is 7.54. The van der Waals surface area contributed by atoms with Crippen molar-refractivity contribution in [2.75, 3.05) is 17.2 Å². The summed E-state index contributed by atoms with van der Waals surface area (Å²) in [7, 11) is 0. The molecule has 2 amide bonds. The van der Waals surface area contributed by atoms with E-state index in [0.29, 0.717) is 27.2 Å². The maximum absolute atomic E-state index is 12.0. The average molecular weight is 395 g/mol. The van der Waals surface area contributed by atoms with Crippen LogP contribution in [-0.2, 0) is 9.59 Å². The Morgan fingerprint density at radius 3 is 2.42 bits per heavy atom. The topological polar surface area (TPSA) is 67.4 Å². The molecule has 138 valence electrons. The summed E-state index contributed by atoms with van der Waals surface area (Å²) >= 11 is 11.8. The Morgan fingerprint density at radius 2 is 1.77 bits per heavy atom. The molecule has 0 unspecified atom stereocenters. The van der Waals surface area contributed by atoms with Crippen LogP contribution in [0.2, 0.25) is 10.0 Å². The van der Waals surface area contributed by atoms with E-state index in [1.54, 1.807) is 42.5 Å². The van der Waals surface area contributed by atoms with Crippen LogP contribution in [0.25, 0.3) is 0 Å². The lowest BCUT2D eigenvalue weighted by Gasteiger charge is -2.18. The SMILES string of the molecule is CC(C)(C)C(=O)Nc1cccc(OCC(=O)Nc2ccc(Cl)cc2Cl)c1. The summed E-state index contributed by atoms with van der Waals surface area (Å²) < 4.78 is 5.48. The van der Waals surface area contributed by atoms with Crippen LogP contribution in [0.4, 0.5) is 11.4 Å². The highest BCUT2D eigenvalue weighted by molar-refractivity contribution is 6.36. The second kappa shape index (κ2) is 8.43. The number of carbonyl (C=O) groups is 2. The molecule has 0 radical (unpaired) electrons. The summed E-state index contributed by atoms with van der Waals surface area (Å²) in [6, 6.07) is 11.6. The molecular weight excluding hydrogens is 375 g/mol. The van der Waals surface area contributed by atoms with Crippen molar-refractivity contribution in [3.63, 3.8) is 0 Å². The number of carbonyl (C=O) groups excluding carboxylic acids is 2. The number of rotatable bonds is 5. The Kier molecular flexibility index (Phi) is 6.51. The van der Waals surface area contributed by atoms with E-state index in [0.717, 1.165) is 0 Å². The molecule has 0 heterocycles. The fourth-order valence-electron chi connectivity index (χ4n) is 1.91. The van der Waals surface area contributed by atoms with Gasteiger partial charge in [-0.2, -0.15) is 0 Å². The molecule has 0 fully saturated rings. The summed E-state index contributed by atoms with van der Waals surface area (Å²) in [6.07, 6.45) is 0. The summed E-state index contributed by atoms with van der Waals surface area (Å²) in [6.45, 7) is 5.29. The Bertz CT molecular complexity index is 817. The van der Waals surface area contributed by atoms with Gasteiger partial charge in [-0.1, -0.05) is 50.0 Å². The molecule has 26 heavy (non-hydrogen) atoms. The van der Waals surface area contributed by atoms with Gasteiger partial charge in [-0.05, 0) is 30.3 Å². The molecule has 0 bridgehead atoms. The zero-order valence-corrected chi connectivity index (χ0v) is 16.2. The van der Waals surface area contributed by atoms with Gasteiger partial charge in [0.1, 0.15) is 5.75 Å². The van der Waals surface area contributed by atoms with Crippen molar-refractivity contribution in [1.82, 2.24) is 0 Å². The first-order valence-electron chi connectivity index (χ1n) is 7.94. The molecule has 0 aliphatic rings. The van der Waals surface area contributed by atoms with E-state index in [9.17, 15) is 9.59 Å². The standard InChI is InChI=1S/C19H20Cl2N2O3/c1-19(2,3)18(25)22-13-5-4-6-14(10-13)26-11-17(24)23-16-8-7-12(20)9-15(16)21/h4-10H,11H2,1-3H3,(H,22,25)(H,23,24). The van der Waals surface area contributed by atoms with E-state index in [-0.39, 0.29) is 18.4 Å². The Labute approximate surface area is 162 Å². The van der Waals surface area contributed by atoms with Crippen molar-refractivity contribution in [2.24, 2.45) is 5.41 Å². The van der Waals surface area contributed by atoms with Crippen molar-refractivity contribution in [3.05, 3.63) is 52.5 Å². The molecule has 0 saturated carbocycles. The van der Waals surface area contributed by atoms with E-state index in [2.05, 4.69) is 10.6 Å². The molecule has 0 aliphatic heterocycles. The molecule has 7 heteroatoms.